The van der Waals surface area contributed by atoms with Crippen molar-refractivity contribution in [1.29, 1.82) is 0 Å². The van der Waals surface area contributed by atoms with Crippen LogP contribution in [0, 0.1) is 0 Å². The highest BCUT2D eigenvalue weighted by Gasteiger charge is 2.14. The van der Waals surface area contributed by atoms with Gasteiger partial charge in [-0.2, -0.15) is 0 Å². The van der Waals surface area contributed by atoms with Crippen LogP contribution in [0.15, 0.2) is 91.0 Å². The van der Waals surface area contributed by atoms with Crippen molar-refractivity contribution in [3.8, 4) is 22.3 Å². The van der Waals surface area contributed by atoms with Crippen molar-refractivity contribution in [3.05, 3.63) is 96.0 Å². The van der Waals surface area contributed by atoms with Gasteiger partial charge in [-0.25, -0.2) is 0 Å². The van der Waals surface area contributed by atoms with E-state index in [4.69, 9.17) is 11.6 Å². The SMILES string of the molecule is Clc1ccc2c(c1)sc1cccc(-c3ccccc3-c3ccccc3)c12. The summed E-state index contributed by atoms with van der Waals surface area (Å²) in [5, 5.41) is 3.37. The van der Waals surface area contributed by atoms with E-state index in [-0.39, 0.29) is 0 Å². The van der Waals surface area contributed by atoms with Crippen LogP contribution in [0.1, 0.15) is 0 Å². The summed E-state index contributed by atoms with van der Waals surface area (Å²) in [6.07, 6.45) is 0. The number of hydrogen-bond acceptors (Lipinski definition) is 1. The van der Waals surface area contributed by atoms with Crippen molar-refractivity contribution in [3.63, 3.8) is 0 Å². The molecule has 0 fully saturated rings. The fourth-order valence-corrected chi connectivity index (χ4v) is 5.02. The molecule has 0 radical (unpaired) electrons. The number of fused-ring (bicyclic) bond motifs is 3. The summed E-state index contributed by atoms with van der Waals surface area (Å²) in [7, 11) is 0. The Morgan fingerprint density at radius 2 is 1.31 bits per heavy atom. The van der Waals surface area contributed by atoms with Gasteiger partial charge < -0.3 is 0 Å². The molecule has 0 unspecified atom stereocenters. The van der Waals surface area contributed by atoms with Gasteiger partial charge in [-0.05, 0) is 40.5 Å². The number of benzene rings is 4. The number of hydrogen-bond donors (Lipinski definition) is 0. The molecule has 0 nitrogen and oxygen atoms in total. The molecule has 0 saturated heterocycles. The number of rotatable bonds is 2. The van der Waals surface area contributed by atoms with Crippen molar-refractivity contribution in [1.82, 2.24) is 0 Å². The molecule has 0 amide bonds. The third-order valence-electron chi connectivity index (χ3n) is 4.76. The highest BCUT2D eigenvalue weighted by molar-refractivity contribution is 7.26. The second-order valence-electron chi connectivity index (χ2n) is 6.33. The van der Waals surface area contributed by atoms with Gasteiger partial charge in [-0.15, -0.1) is 11.3 Å². The lowest BCUT2D eigenvalue weighted by Crippen LogP contribution is -1.85. The Kier molecular flexibility index (Phi) is 3.77. The molecule has 26 heavy (non-hydrogen) atoms. The van der Waals surface area contributed by atoms with Crippen molar-refractivity contribution in [2.24, 2.45) is 0 Å². The average molecular weight is 371 g/mol. The zero-order valence-corrected chi connectivity index (χ0v) is 15.5. The first-order chi connectivity index (χ1) is 12.8. The smallest absolute Gasteiger partial charge is 0.0420 e. The molecule has 0 aliphatic carbocycles. The molecule has 1 heterocycles. The Bertz CT molecular complexity index is 1240. The van der Waals surface area contributed by atoms with Gasteiger partial charge in [0.2, 0.25) is 0 Å². The van der Waals surface area contributed by atoms with Crippen LogP contribution in [0.3, 0.4) is 0 Å². The molecule has 1 aromatic heterocycles. The van der Waals surface area contributed by atoms with E-state index in [1.807, 2.05) is 6.07 Å². The Hall–Kier alpha value is -2.61. The van der Waals surface area contributed by atoms with E-state index in [1.54, 1.807) is 11.3 Å². The van der Waals surface area contributed by atoms with Crippen molar-refractivity contribution < 1.29 is 0 Å². The van der Waals surface area contributed by atoms with Gasteiger partial charge in [0.1, 0.15) is 0 Å². The lowest BCUT2D eigenvalue weighted by atomic mass is 9.92. The second-order valence-corrected chi connectivity index (χ2v) is 7.85. The van der Waals surface area contributed by atoms with Crippen molar-refractivity contribution in [2.75, 3.05) is 0 Å². The highest BCUT2D eigenvalue weighted by atomic mass is 35.5. The minimum absolute atomic E-state index is 0.787. The average Bonchev–Trinajstić information content (AvgIpc) is 3.06. The standard InChI is InChI=1S/C24H15ClS/c25-17-13-14-21-23(15-17)26-22-12-6-11-20(24(21)22)19-10-5-4-9-18(19)16-7-2-1-3-8-16/h1-15H. The van der Waals surface area contributed by atoms with Gasteiger partial charge in [-0.3, -0.25) is 0 Å². The second kappa shape index (κ2) is 6.28. The van der Waals surface area contributed by atoms with E-state index >= 15 is 0 Å². The Morgan fingerprint density at radius 1 is 0.577 bits per heavy atom. The molecule has 0 N–H and O–H groups in total. The molecule has 4 aromatic carbocycles. The predicted molar refractivity (Wildman–Crippen MR) is 115 cm³/mol. The predicted octanol–water partition coefficient (Wildman–Crippen LogP) is 8.04. The number of halogens is 1. The summed E-state index contributed by atoms with van der Waals surface area (Å²) < 4.78 is 2.53. The van der Waals surface area contributed by atoms with Crippen LogP contribution in [0.25, 0.3) is 42.4 Å². The molecule has 0 atom stereocenters. The summed E-state index contributed by atoms with van der Waals surface area (Å²) in [5.41, 5.74) is 5.03. The first-order valence-electron chi connectivity index (χ1n) is 8.57. The molecule has 2 heteroatoms. The maximum atomic E-state index is 6.21. The van der Waals surface area contributed by atoms with Crippen LogP contribution < -0.4 is 0 Å². The van der Waals surface area contributed by atoms with E-state index in [1.165, 1.54) is 42.4 Å². The van der Waals surface area contributed by atoms with Crippen LogP contribution in [0.5, 0.6) is 0 Å². The summed E-state index contributed by atoms with van der Waals surface area (Å²) in [6.45, 7) is 0. The summed E-state index contributed by atoms with van der Waals surface area (Å²) >= 11 is 8.02. The van der Waals surface area contributed by atoms with Gasteiger partial charge in [0.25, 0.3) is 0 Å². The van der Waals surface area contributed by atoms with E-state index in [0.29, 0.717) is 0 Å². The first-order valence-corrected chi connectivity index (χ1v) is 9.76. The fraction of sp³-hybridized carbons (Fsp3) is 0. The molecule has 0 bridgehead atoms. The number of thiophene rings is 1. The Balaban J connectivity index is 1.85. The molecule has 0 aliphatic heterocycles. The zero-order valence-electron chi connectivity index (χ0n) is 13.9. The molecular weight excluding hydrogens is 356 g/mol. The van der Waals surface area contributed by atoms with Gasteiger partial charge in [-0.1, -0.05) is 84.4 Å². The van der Waals surface area contributed by atoms with E-state index < -0.39 is 0 Å². The first kappa shape index (κ1) is 15.6. The molecule has 0 spiro atoms. The minimum atomic E-state index is 0.787. The maximum Gasteiger partial charge on any atom is 0.0420 e. The summed E-state index contributed by atoms with van der Waals surface area (Å²) in [4.78, 5) is 0. The largest absolute Gasteiger partial charge is 0.135 e. The summed E-state index contributed by atoms with van der Waals surface area (Å²) in [6, 6.07) is 32.0. The third-order valence-corrected chi connectivity index (χ3v) is 6.11. The molecule has 124 valence electrons. The Labute approximate surface area is 161 Å². The van der Waals surface area contributed by atoms with Gasteiger partial charge in [0, 0.05) is 25.2 Å². The van der Waals surface area contributed by atoms with E-state index in [0.717, 1.165) is 5.02 Å². The van der Waals surface area contributed by atoms with Crippen LogP contribution in [-0.4, -0.2) is 0 Å². The van der Waals surface area contributed by atoms with Crippen LogP contribution >= 0.6 is 22.9 Å². The fourth-order valence-electron chi connectivity index (χ4n) is 3.61. The molecule has 5 aromatic rings. The van der Waals surface area contributed by atoms with Crippen molar-refractivity contribution >= 4 is 43.1 Å². The van der Waals surface area contributed by atoms with Gasteiger partial charge in [0.15, 0.2) is 0 Å². The van der Waals surface area contributed by atoms with Crippen LogP contribution in [-0.2, 0) is 0 Å². The molecular formula is C24H15ClS. The van der Waals surface area contributed by atoms with Gasteiger partial charge in [0.05, 0.1) is 0 Å². The van der Waals surface area contributed by atoms with Gasteiger partial charge >= 0.3 is 0 Å². The van der Waals surface area contributed by atoms with Crippen LogP contribution in [0.4, 0.5) is 0 Å². The highest BCUT2D eigenvalue weighted by Crippen LogP contribution is 2.43. The monoisotopic (exact) mass is 370 g/mol. The molecule has 0 aliphatic rings. The normalized spacial score (nSPS) is 11.3. The Morgan fingerprint density at radius 3 is 2.15 bits per heavy atom. The third kappa shape index (κ3) is 2.52. The minimum Gasteiger partial charge on any atom is -0.135 e. The topological polar surface area (TPSA) is 0 Å². The van der Waals surface area contributed by atoms with E-state index in [9.17, 15) is 0 Å². The zero-order chi connectivity index (χ0) is 17.5. The van der Waals surface area contributed by atoms with Crippen molar-refractivity contribution in [2.45, 2.75) is 0 Å². The van der Waals surface area contributed by atoms with Crippen LogP contribution in [0.2, 0.25) is 5.02 Å². The van der Waals surface area contributed by atoms with E-state index in [2.05, 4.69) is 84.9 Å². The quantitative estimate of drug-likeness (QED) is 0.295. The summed E-state index contributed by atoms with van der Waals surface area (Å²) in [5.74, 6) is 0. The molecule has 0 saturated carbocycles. The molecule has 5 rings (SSSR count). The lowest BCUT2D eigenvalue weighted by molar-refractivity contribution is 1.60. The lowest BCUT2D eigenvalue weighted by Gasteiger charge is -2.11. The maximum absolute atomic E-state index is 6.21.